The minimum atomic E-state index is -0.419. The van der Waals surface area contributed by atoms with E-state index in [9.17, 15) is 9.59 Å². The lowest BCUT2D eigenvalue weighted by molar-refractivity contribution is -0.907. The number of nitrogens with zero attached hydrogens (tertiary/aromatic N) is 1. The van der Waals surface area contributed by atoms with Crippen molar-refractivity contribution in [2.75, 3.05) is 25.0 Å². The molecule has 1 amide bonds. The Kier molecular flexibility index (Phi) is 4.87. The summed E-state index contributed by atoms with van der Waals surface area (Å²) < 4.78 is 11.1. The number of morpholine rings is 1. The van der Waals surface area contributed by atoms with Gasteiger partial charge in [0.2, 0.25) is 0 Å². The lowest BCUT2D eigenvalue weighted by Crippen LogP contribution is -3.16. The third-order valence-corrected chi connectivity index (χ3v) is 5.06. The van der Waals surface area contributed by atoms with Gasteiger partial charge in [-0.2, -0.15) is 0 Å². The molecule has 1 aliphatic rings. The second-order valence-corrected chi connectivity index (χ2v) is 7.57. The number of rotatable bonds is 3. The summed E-state index contributed by atoms with van der Waals surface area (Å²) in [4.78, 5) is 30.7. The van der Waals surface area contributed by atoms with Crippen LogP contribution in [-0.2, 0) is 9.53 Å². The fourth-order valence-electron chi connectivity index (χ4n) is 4.04. The summed E-state index contributed by atoms with van der Waals surface area (Å²) in [6, 6.07) is 8.99. The maximum absolute atomic E-state index is 12.6. The van der Waals surface area contributed by atoms with Gasteiger partial charge in [-0.25, -0.2) is 9.78 Å². The fourth-order valence-corrected chi connectivity index (χ4v) is 4.04. The fraction of sp³-hybridized carbons (Fsp3) is 0.381. The highest BCUT2D eigenvalue weighted by atomic mass is 16.5. The molecule has 1 saturated heterocycles. The van der Waals surface area contributed by atoms with E-state index in [1.165, 1.54) is 4.90 Å². The molecule has 0 spiro atoms. The van der Waals surface area contributed by atoms with Gasteiger partial charge in [0.15, 0.2) is 6.54 Å². The zero-order valence-corrected chi connectivity index (χ0v) is 16.2. The molecule has 0 bridgehead atoms. The van der Waals surface area contributed by atoms with Crippen LogP contribution in [0.15, 0.2) is 39.5 Å². The van der Waals surface area contributed by atoms with Crippen LogP contribution < -0.4 is 15.8 Å². The molecule has 2 atom stereocenters. The number of aromatic nitrogens is 1. The molecular weight excluding hydrogens is 358 g/mol. The quantitative estimate of drug-likeness (QED) is 0.527. The van der Waals surface area contributed by atoms with Gasteiger partial charge in [0.25, 0.3) is 5.91 Å². The topological polar surface area (TPSA) is 85.9 Å². The number of anilines is 1. The van der Waals surface area contributed by atoms with E-state index in [-0.39, 0.29) is 18.1 Å². The summed E-state index contributed by atoms with van der Waals surface area (Å²) >= 11 is 0. The molecule has 3 aromatic rings. The Bertz CT molecular complexity index is 1100. The summed E-state index contributed by atoms with van der Waals surface area (Å²) in [5, 5.41) is 4.08. The first-order valence-corrected chi connectivity index (χ1v) is 9.53. The van der Waals surface area contributed by atoms with Gasteiger partial charge in [0.1, 0.15) is 36.7 Å². The average molecular weight is 382 g/mol. The number of ether oxygens (including phenoxy) is 1. The number of carbonyl (C=O) groups excluding carboxylic acids is 1. The molecule has 0 radical (unpaired) electrons. The first-order chi connectivity index (χ1) is 13.4. The molecule has 2 aromatic heterocycles. The number of hydrogen-bond acceptors (Lipinski definition) is 5. The number of nitrogens with one attached hydrogen (secondary N) is 2. The zero-order chi connectivity index (χ0) is 19.8. The highest BCUT2D eigenvalue weighted by Gasteiger charge is 2.27. The van der Waals surface area contributed by atoms with Crippen molar-refractivity contribution < 1.29 is 18.8 Å². The molecule has 0 unspecified atom stereocenters. The Balaban J connectivity index is 1.63. The van der Waals surface area contributed by atoms with E-state index >= 15 is 0 Å². The smallest absolute Gasteiger partial charge is 0.346 e. The van der Waals surface area contributed by atoms with Crippen LogP contribution >= 0.6 is 0 Å². The average Bonchev–Trinajstić information content (AvgIpc) is 2.60. The van der Waals surface area contributed by atoms with Crippen molar-refractivity contribution in [3.8, 4) is 0 Å². The molecule has 3 heterocycles. The minimum Gasteiger partial charge on any atom is -0.422 e. The van der Waals surface area contributed by atoms with Crippen molar-refractivity contribution in [3.63, 3.8) is 0 Å². The summed E-state index contributed by atoms with van der Waals surface area (Å²) in [7, 11) is 0. The van der Waals surface area contributed by atoms with Gasteiger partial charge in [-0.1, -0.05) is 12.1 Å². The van der Waals surface area contributed by atoms with Gasteiger partial charge in [-0.3, -0.25) is 4.79 Å². The third kappa shape index (κ3) is 3.63. The largest absolute Gasteiger partial charge is 0.422 e. The molecule has 0 aliphatic carbocycles. The van der Waals surface area contributed by atoms with Crippen LogP contribution in [0.5, 0.6) is 0 Å². The summed E-state index contributed by atoms with van der Waals surface area (Å²) in [5.41, 5.74) is 1.33. The SMILES string of the molecule is Cc1cc(NC(=O)C[NH+]2C[C@H](C)O[C@@H](C)C2)nc2c1c(=O)oc1ccccc12. The molecule has 7 nitrogen and oxygen atoms in total. The van der Waals surface area contributed by atoms with Crippen molar-refractivity contribution in [2.24, 2.45) is 0 Å². The molecule has 146 valence electrons. The number of pyridine rings is 1. The van der Waals surface area contributed by atoms with Crippen LogP contribution in [0, 0.1) is 6.92 Å². The first kappa shape index (κ1) is 18.6. The van der Waals surface area contributed by atoms with Crippen molar-refractivity contribution >= 4 is 33.6 Å². The van der Waals surface area contributed by atoms with Crippen molar-refractivity contribution in [3.05, 3.63) is 46.3 Å². The van der Waals surface area contributed by atoms with E-state index in [0.717, 1.165) is 24.0 Å². The summed E-state index contributed by atoms with van der Waals surface area (Å²) in [6.45, 7) is 7.83. The van der Waals surface area contributed by atoms with Crippen LogP contribution in [-0.4, -0.2) is 42.7 Å². The second kappa shape index (κ2) is 7.33. The highest BCUT2D eigenvalue weighted by molar-refractivity contribution is 6.04. The standard InChI is InChI=1S/C21H23N3O4/c1-12-8-17(22-18(25)11-24-9-13(2)27-14(3)10-24)23-20-15-6-4-5-7-16(15)28-21(26)19(12)20/h4-8,13-14H,9-11H2,1-3H3,(H,22,23,25)/p+1/t13-,14-/m0/s1. The number of amides is 1. The van der Waals surface area contributed by atoms with Crippen LogP contribution in [0.4, 0.5) is 5.82 Å². The molecule has 28 heavy (non-hydrogen) atoms. The lowest BCUT2D eigenvalue weighted by atomic mass is 10.1. The Hall–Kier alpha value is -2.77. The molecule has 7 heteroatoms. The molecule has 1 fully saturated rings. The Morgan fingerprint density at radius 3 is 2.71 bits per heavy atom. The maximum atomic E-state index is 12.6. The van der Waals surface area contributed by atoms with Crippen LogP contribution in [0.2, 0.25) is 0 Å². The zero-order valence-electron chi connectivity index (χ0n) is 16.2. The molecule has 0 saturated carbocycles. The van der Waals surface area contributed by atoms with Gasteiger partial charge in [0, 0.05) is 5.39 Å². The predicted octanol–water partition coefficient (Wildman–Crippen LogP) is 1.28. The summed E-state index contributed by atoms with van der Waals surface area (Å²) in [5.74, 6) is 0.342. The number of carbonyl (C=O) groups is 1. The minimum absolute atomic E-state index is 0.102. The van der Waals surface area contributed by atoms with E-state index in [0.29, 0.717) is 28.8 Å². The van der Waals surface area contributed by atoms with Gasteiger partial charge >= 0.3 is 5.63 Å². The van der Waals surface area contributed by atoms with Crippen LogP contribution in [0.3, 0.4) is 0 Å². The van der Waals surface area contributed by atoms with E-state index in [1.807, 2.05) is 39.0 Å². The van der Waals surface area contributed by atoms with Crippen molar-refractivity contribution in [1.29, 1.82) is 0 Å². The van der Waals surface area contributed by atoms with E-state index < -0.39 is 5.63 Å². The van der Waals surface area contributed by atoms with Crippen LogP contribution in [0.1, 0.15) is 19.4 Å². The Labute approximate surface area is 162 Å². The lowest BCUT2D eigenvalue weighted by Gasteiger charge is -2.31. The van der Waals surface area contributed by atoms with Crippen molar-refractivity contribution in [1.82, 2.24) is 4.98 Å². The molecule has 4 rings (SSSR count). The monoisotopic (exact) mass is 382 g/mol. The Morgan fingerprint density at radius 2 is 1.96 bits per heavy atom. The van der Waals surface area contributed by atoms with Crippen LogP contribution in [0.25, 0.3) is 21.9 Å². The maximum Gasteiger partial charge on any atom is 0.346 e. The van der Waals surface area contributed by atoms with E-state index in [1.54, 1.807) is 12.1 Å². The normalized spacial score (nSPS) is 22.5. The van der Waals surface area contributed by atoms with Crippen molar-refractivity contribution in [2.45, 2.75) is 33.0 Å². The molecule has 1 aliphatic heterocycles. The number of benzene rings is 1. The predicted molar refractivity (Wildman–Crippen MR) is 107 cm³/mol. The number of quaternary nitrogens is 1. The van der Waals surface area contributed by atoms with Gasteiger partial charge in [-0.05, 0) is 44.5 Å². The van der Waals surface area contributed by atoms with E-state index in [4.69, 9.17) is 9.15 Å². The van der Waals surface area contributed by atoms with Gasteiger partial charge in [-0.15, -0.1) is 0 Å². The molecule has 2 N–H and O–H groups in total. The number of hydrogen-bond donors (Lipinski definition) is 2. The summed E-state index contributed by atoms with van der Waals surface area (Å²) in [6.07, 6.45) is 0.274. The number of aryl methyl sites for hydroxylation is 1. The molecule has 1 aromatic carbocycles. The highest BCUT2D eigenvalue weighted by Crippen LogP contribution is 2.25. The number of para-hydroxylation sites is 1. The third-order valence-electron chi connectivity index (χ3n) is 5.06. The second-order valence-electron chi connectivity index (χ2n) is 7.57. The van der Waals surface area contributed by atoms with Gasteiger partial charge in [0.05, 0.1) is 10.9 Å². The Morgan fingerprint density at radius 1 is 1.25 bits per heavy atom. The number of fused-ring (bicyclic) bond motifs is 3. The van der Waals surface area contributed by atoms with E-state index in [2.05, 4.69) is 10.3 Å². The first-order valence-electron chi connectivity index (χ1n) is 9.53. The molecular formula is C21H24N3O4+. The van der Waals surface area contributed by atoms with Gasteiger partial charge < -0.3 is 19.4 Å².